The molecule has 0 spiro atoms. The fourth-order valence-electron chi connectivity index (χ4n) is 2.68. The van der Waals surface area contributed by atoms with E-state index in [9.17, 15) is 4.79 Å². The van der Waals surface area contributed by atoms with E-state index < -0.39 is 0 Å². The maximum absolute atomic E-state index is 12.3. The van der Waals surface area contributed by atoms with Crippen molar-refractivity contribution in [2.75, 3.05) is 26.7 Å². The van der Waals surface area contributed by atoms with Gasteiger partial charge in [-0.25, -0.2) is 0 Å². The first-order chi connectivity index (χ1) is 9.95. The molecule has 2 atom stereocenters. The van der Waals surface area contributed by atoms with Crippen LogP contribution in [0.3, 0.4) is 0 Å². The summed E-state index contributed by atoms with van der Waals surface area (Å²) in [6, 6.07) is 8.51. The van der Waals surface area contributed by atoms with E-state index in [4.69, 9.17) is 5.73 Å². The van der Waals surface area contributed by atoms with Gasteiger partial charge in [0.2, 0.25) is 5.91 Å². The standard InChI is InChI=1S/C17H27N3O/c1-13-4-6-15(7-5-13)10-19(3)17(21)12-20-9-8-14(2)16(18)11-20/h4-7,14,16H,8-12,18H2,1-3H3. The Kier molecular flexibility index (Phi) is 5.37. The average Bonchev–Trinajstić information content (AvgIpc) is 2.45. The second-order valence-corrected chi connectivity index (χ2v) is 6.40. The number of likely N-dealkylation sites (tertiary alicyclic amines) is 1. The first-order valence-corrected chi connectivity index (χ1v) is 7.73. The molecule has 0 aromatic heterocycles. The Bertz CT molecular complexity index is 471. The van der Waals surface area contributed by atoms with Crippen molar-refractivity contribution in [3.05, 3.63) is 35.4 Å². The van der Waals surface area contributed by atoms with Gasteiger partial charge in [0.25, 0.3) is 0 Å². The van der Waals surface area contributed by atoms with Crippen LogP contribution in [0.5, 0.6) is 0 Å². The molecule has 1 aromatic carbocycles. The Morgan fingerprint density at radius 3 is 2.67 bits per heavy atom. The number of amides is 1. The van der Waals surface area contributed by atoms with Crippen LogP contribution >= 0.6 is 0 Å². The normalized spacial score (nSPS) is 23.0. The van der Waals surface area contributed by atoms with Crippen LogP contribution < -0.4 is 5.73 Å². The maximum Gasteiger partial charge on any atom is 0.236 e. The molecule has 116 valence electrons. The number of hydrogen-bond donors (Lipinski definition) is 1. The molecule has 21 heavy (non-hydrogen) atoms. The van der Waals surface area contributed by atoms with Crippen LogP contribution in [0.15, 0.2) is 24.3 Å². The van der Waals surface area contributed by atoms with E-state index >= 15 is 0 Å². The molecule has 1 heterocycles. The zero-order valence-corrected chi connectivity index (χ0v) is 13.4. The first kappa shape index (κ1) is 16.0. The topological polar surface area (TPSA) is 49.6 Å². The molecule has 0 bridgehead atoms. The predicted octanol–water partition coefficient (Wildman–Crippen LogP) is 1.62. The molecule has 1 aliphatic rings. The van der Waals surface area contributed by atoms with Gasteiger partial charge in [0.15, 0.2) is 0 Å². The summed E-state index contributed by atoms with van der Waals surface area (Å²) in [6.45, 7) is 7.19. The molecular formula is C17H27N3O. The van der Waals surface area contributed by atoms with Gasteiger partial charge in [0.1, 0.15) is 0 Å². The molecular weight excluding hydrogens is 262 g/mol. The molecule has 1 aliphatic heterocycles. The van der Waals surface area contributed by atoms with Crippen molar-refractivity contribution in [2.24, 2.45) is 11.7 Å². The number of carbonyl (C=O) groups excluding carboxylic acids is 1. The van der Waals surface area contributed by atoms with Crippen molar-refractivity contribution in [3.8, 4) is 0 Å². The number of aryl methyl sites for hydroxylation is 1. The van der Waals surface area contributed by atoms with Crippen molar-refractivity contribution in [3.63, 3.8) is 0 Å². The minimum atomic E-state index is 0.164. The summed E-state index contributed by atoms with van der Waals surface area (Å²) in [4.78, 5) is 16.3. The SMILES string of the molecule is Cc1ccc(CN(C)C(=O)CN2CCC(C)C(N)C2)cc1. The minimum absolute atomic E-state index is 0.164. The molecule has 0 aliphatic carbocycles. The zero-order chi connectivity index (χ0) is 15.4. The molecule has 2 rings (SSSR count). The van der Waals surface area contributed by atoms with Gasteiger partial charge in [-0.2, -0.15) is 0 Å². The highest BCUT2D eigenvalue weighted by atomic mass is 16.2. The lowest BCUT2D eigenvalue weighted by Crippen LogP contribution is -2.50. The summed E-state index contributed by atoms with van der Waals surface area (Å²) >= 11 is 0. The quantitative estimate of drug-likeness (QED) is 0.916. The Hall–Kier alpha value is -1.39. The summed E-state index contributed by atoms with van der Waals surface area (Å²) in [5, 5.41) is 0. The van der Waals surface area contributed by atoms with Gasteiger partial charge in [-0.15, -0.1) is 0 Å². The Morgan fingerprint density at radius 2 is 2.05 bits per heavy atom. The molecule has 1 aromatic rings. The highest BCUT2D eigenvalue weighted by Gasteiger charge is 2.25. The number of piperidine rings is 1. The number of hydrogen-bond acceptors (Lipinski definition) is 3. The average molecular weight is 289 g/mol. The summed E-state index contributed by atoms with van der Waals surface area (Å²) in [6.07, 6.45) is 1.08. The van der Waals surface area contributed by atoms with Gasteiger partial charge in [-0.1, -0.05) is 36.8 Å². The van der Waals surface area contributed by atoms with Crippen LogP contribution in [-0.4, -0.2) is 48.4 Å². The third-order valence-electron chi connectivity index (χ3n) is 4.43. The monoisotopic (exact) mass is 289 g/mol. The molecule has 1 fully saturated rings. The van der Waals surface area contributed by atoms with Crippen molar-refractivity contribution in [1.29, 1.82) is 0 Å². The first-order valence-electron chi connectivity index (χ1n) is 7.73. The van der Waals surface area contributed by atoms with Crippen LogP contribution in [0, 0.1) is 12.8 Å². The second kappa shape index (κ2) is 7.05. The molecule has 2 N–H and O–H groups in total. The Labute approximate surface area is 127 Å². The largest absolute Gasteiger partial charge is 0.340 e. The number of likely N-dealkylation sites (N-methyl/N-ethyl adjacent to an activating group) is 1. The molecule has 1 amide bonds. The van der Waals surface area contributed by atoms with Crippen LogP contribution in [0.1, 0.15) is 24.5 Å². The van der Waals surface area contributed by atoms with Crippen LogP contribution in [0.4, 0.5) is 0 Å². The number of rotatable bonds is 4. The van der Waals surface area contributed by atoms with E-state index in [1.54, 1.807) is 4.90 Å². The van der Waals surface area contributed by atoms with Gasteiger partial charge in [-0.3, -0.25) is 9.69 Å². The van der Waals surface area contributed by atoms with E-state index in [2.05, 4.69) is 43.0 Å². The van der Waals surface area contributed by atoms with Gasteiger partial charge in [-0.05, 0) is 31.4 Å². The molecule has 4 nitrogen and oxygen atoms in total. The number of nitrogens with zero attached hydrogens (tertiary/aromatic N) is 2. The van der Waals surface area contributed by atoms with Crippen LogP contribution in [0.2, 0.25) is 0 Å². The molecule has 2 unspecified atom stereocenters. The van der Waals surface area contributed by atoms with E-state index in [1.807, 2.05) is 7.05 Å². The molecule has 0 saturated carbocycles. The third kappa shape index (κ3) is 4.55. The predicted molar refractivity (Wildman–Crippen MR) is 85.8 cm³/mol. The summed E-state index contributed by atoms with van der Waals surface area (Å²) in [5.41, 5.74) is 8.50. The summed E-state index contributed by atoms with van der Waals surface area (Å²) in [5.74, 6) is 0.721. The third-order valence-corrected chi connectivity index (χ3v) is 4.43. The second-order valence-electron chi connectivity index (χ2n) is 6.40. The van der Waals surface area contributed by atoms with Crippen molar-refractivity contribution >= 4 is 5.91 Å². The lowest BCUT2D eigenvalue weighted by atomic mass is 9.94. The van der Waals surface area contributed by atoms with Crippen LogP contribution in [0.25, 0.3) is 0 Å². The Morgan fingerprint density at radius 1 is 1.38 bits per heavy atom. The highest BCUT2D eigenvalue weighted by molar-refractivity contribution is 5.78. The van der Waals surface area contributed by atoms with Gasteiger partial charge in [0.05, 0.1) is 6.54 Å². The van der Waals surface area contributed by atoms with E-state index in [-0.39, 0.29) is 11.9 Å². The zero-order valence-electron chi connectivity index (χ0n) is 13.4. The summed E-state index contributed by atoms with van der Waals surface area (Å²) in [7, 11) is 1.87. The summed E-state index contributed by atoms with van der Waals surface area (Å²) < 4.78 is 0. The lowest BCUT2D eigenvalue weighted by molar-refractivity contribution is -0.132. The van der Waals surface area contributed by atoms with Crippen molar-refractivity contribution in [2.45, 2.75) is 32.9 Å². The van der Waals surface area contributed by atoms with Gasteiger partial charge >= 0.3 is 0 Å². The van der Waals surface area contributed by atoms with E-state index in [0.717, 1.165) is 19.5 Å². The molecule has 0 radical (unpaired) electrons. The minimum Gasteiger partial charge on any atom is -0.340 e. The van der Waals surface area contributed by atoms with Gasteiger partial charge < -0.3 is 10.6 Å². The lowest BCUT2D eigenvalue weighted by Gasteiger charge is -2.35. The smallest absolute Gasteiger partial charge is 0.236 e. The van der Waals surface area contributed by atoms with Crippen molar-refractivity contribution in [1.82, 2.24) is 9.80 Å². The fourth-order valence-corrected chi connectivity index (χ4v) is 2.68. The Balaban J connectivity index is 1.83. The van der Waals surface area contributed by atoms with Crippen molar-refractivity contribution < 1.29 is 4.79 Å². The maximum atomic E-state index is 12.3. The number of benzene rings is 1. The number of nitrogens with two attached hydrogens (primary N) is 1. The fraction of sp³-hybridized carbons (Fsp3) is 0.588. The van der Waals surface area contributed by atoms with E-state index in [0.29, 0.717) is 19.0 Å². The van der Waals surface area contributed by atoms with Gasteiger partial charge in [0, 0.05) is 26.2 Å². The number of carbonyl (C=O) groups is 1. The molecule has 4 heteroatoms. The highest BCUT2D eigenvalue weighted by Crippen LogP contribution is 2.15. The molecule has 1 saturated heterocycles. The van der Waals surface area contributed by atoms with E-state index in [1.165, 1.54) is 11.1 Å². The van der Waals surface area contributed by atoms with Crippen LogP contribution in [-0.2, 0) is 11.3 Å².